The molecular formula is C19H16N4O3. The van der Waals surface area contributed by atoms with E-state index in [4.69, 9.17) is 14.9 Å². The van der Waals surface area contributed by atoms with Gasteiger partial charge in [-0.15, -0.1) is 5.10 Å². The second-order valence-electron chi connectivity index (χ2n) is 5.72. The Morgan fingerprint density at radius 1 is 1.12 bits per heavy atom. The molecular weight excluding hydrogens is 332 g/mol. The zero-order valence-electron chi connectivity index (χ0n) is 13.8. The van der Waals surface area contributed by atoms with Crippen molar-refractivity contribution in [2.75, 3.05) is 0 Å². The quantitative estimate of drug-likeness (QED) is 0.595. The van der Waals surface area contributed by atoms with Gasteiger partial charge in [-0.3, -0.25) is 4.79 Å². The first-order chi connectivity index (χ1) is 12.7. The number of nitrogens with two attached hydrogens (primary N) is 1. The maximum atomic E-state index is 12.0. The second-order valence-corrected chi connectivity index (χ2v) is 5.72. The van der Waals surface area contributed by atoms with Crippen molar-refractivity contribution in [1.29, 1.82) is 0 Å². The fourth-order valence-electron chi connectivity index (χ4n) is 2.60. The summed E-state index contributed by atoms with van der Waals surface area (Å²) < 4.78 is 13.0. The minimum Gasteiger partial charge on any atom is -0.487 e. The van der Waals surface area contributed by atoms with Crippen molar-refractivity contribution in [3.8, 4) is 11.4 Å². The summed E-state index contributed by atoms with van der Waals surface area (Å²) in [6.45, 7) is 0.415. The normalized spacial score (nSPS) is 11.0. The van der Waals surface area contributed by atoms with Gasteiger partial charge in [0.05, 0.1) is 23.8 Å². The third-order valence-corrected chi connectivity index (χ3v) is 3.90. The van der Waals surface area contributed by atoms with Crippen LogP contribution in [-0.2, 0) is 13.2 Å². The Morgan fingerprint density at radius 2 is 1.96 bits per heavy atom. The van der Waals surface area contributed by atoms with Gasteiger partial charge in [0.1, 0.15) is 29.4 Å². The standard InChI is InChI=1S/C19H16N4O3/c20-10-16-8-18(24)17-7-6-15(9-19(17)26-16)25-12-13-11-23(22-21-13)14-4-2-1-3-5-14/h1-9,11H,10,12,20H2. The number of benzene rings is 2. The average Bonchev–Trinajstić information content (AvgIpc) is 3.16. The molecule has 0 spiro atoms. The summed E-state index contributed by atoms with van der Waals surface area (Å²) in [6.07, 6.45) is 1.81. The van der Waals surface area contributed by atoms with Crippen molar-refractivity contribution in [2.24, 2.45) is 5.73 Å². The third-order valence-electron chi connectivity index (χ3n) is 3.90. The molecule has 2 heterocycles. The van der Waals surface area contributed by atoms with E-state index < -0.39 is 0 Å². The van der Waals surface area contributed by atoms with Crippen LogP contribution in [0, 0.1) is 0 Å². The fraction of sp³-hybridized carbons (Fsp3) is 0.105. The largest absolute Gasteiger partial charge is 0.487 e. The topological polar surface area (TPSA) is 96.2 Å². The first kappa shape index (κ1) is 16.0. The lowest BCUT2D eigenvalue weighted by Crippen LogP contribution is -2.05. The van der Waals surface area contributed by atoms with E-state index in [1.807, 2.05) is 36.5 Å². The second kappa shape index (κ2) is 6.81. The van der Waals surface area contributed by atoms with Crippen LogP contribution in [0.1, 0.15) is 11.5 Å². The molecule has 0 bridgehead atoms. The first-order valence-electron chi connectivity index (χ1n) is 8.09. The van der Waals surface area contributed by atoms with E-state index in [1.165, 1.54) is 6.07 Å². The van der Waals surface area contributed by atoms with E-state index in [0.717, 1.165) is 5.69 Å². The highest BCUT2D eigenvalue weighted by Gasteiger charge is 2.07. The Labute approximate surface area is 148 Å². The molecule has 0 saturated heterocycles. The van der Waals surface area contributed by atoms with Crippen LogP contribution >= 0.6 is 0 Å². The van der Waals surface area contributed by atoms with Gasteiger partial charge in [0, 0.05) is 12.1 Å². The highest BCUT2D eigenvalue weighted by molar-refractivity contribution is 5.77. The number of nitrogens with zero attached hydrogens (tertiary/aromatic N) is 3. The molecule has 2 N–H and O–H groups in total. The number of fused-ring (bicyclic) bond motifs is 1. The Bertz CT molecular complexity index is 1100. The van der Waals surface area contributed by atoms with Gasteiger partial charge in [-0.2, -0.15) is 0 Å². The number of rotatable bonds is 5. The summed E-state index contributed by atoms with van der Waals surface area (Å²) in [5, 5.41) is 8.70. The van der Waals surface area contributed by atoms with Crippen LogP contribution in [-0.4, -0.2) is 15.0 Å². The molecule has 0 unspecified atom stereocenters. The molecule has 0 aliphatic rings. The van der Waals surface area contributed by atoms with E-state index in [1.54, 1.807) is 22.9 Å². The van der Waals surface area contributed by atoms with Gasteiger partial charge in [0.2, 0.25) is 0 Å². The maximum absolute atomic E-state index is 12.0. The van der Waals surface area contributed by atoms with Crippen LogP contribution in [0.25, 0.3) is 16.7 Å². The summed E-state index contributed by atoms with van der Waals surface area (Å²) >= 11 is 0. The molecule has 7 heteroatoms. The third kappa shape index (κ3) is 3.20. The van der Waals surface area contributed by atoms with E-state index >= 15 is 0 Å². The summed E-state index contributed by atoms with van der Waals surface area (Å²) in [6, 6.07) is 16.2. The van der Waals surface area contributed by atoms with E-state index in [0.29, 0.717) is 28.2 Å². The predicted molar refractivity (Wildman–Crippen MR) is 96.1 cm³/mol. The molecule has 0 aliphatic carbocycles. The Balaban J connectivity index is 1.53. The van der Waals surface area contributed by atoms with Crippen LogP contribution in [0.2, 0.25) is 0 Å². The van der Waals surface area contributed by atoms with Crippen molar-refractivity contribution in [3.05, 3.63) is 82.5 Å². The molecule has 130 valence electrons. The Hall–Kier alpha value is -3.45. The highest BCUT2D eigenvalue weighted by atomic mass is 16.5. The van der Waals surface area contributed by atoms with Gasteiger partial charge >= 0.3 is 0 Å². The number of hydrogen-bond acceptors (Lipinski definition) is 6. The number of hydrogen-bond donors (Lipinski definition) is 1. The molecule has 0 amide bonds. The van der Waals surface area contributed by atoms with Crippen molar-refractivity contribution in [2.45, 2.75) is 13.2 Å². The maximum Gasteiger partial charge on any atom is 0.193 e. The lowest BCUT2D eigenvalue weighted by atomic mass is 10.2. The molecule has 0 saturated carbocycles. The molecule has 0 fully saturated rings. The minimum absolute atomic E-state index is 0.121. The molecule has 4 aromatic rings. The molecule has 2 aromatic carbocycles. The SMILES string of the molecule is NCc1cc(=O)c2ccc(OCc3cn(-c4ccccc4)nn3)cc2o1. The lowest BCUT2D eigenvalue weighted by Gasteiger charge is -2.06. The molecule has 0 atom stereocenters. The van der Waals surface area contributed by atoms with Crippen molar-refractivity contribution in [1.82, 2.24) is 15.0 Å². The summed E-state index contributed by atoms with van der Waals surface area (Å²) in [4.78, 5) is 12.0. The summed E-state index contributed by atoms with van der Waals surface area (Å²) in [5.41, 5.74) is 7.49. The Kier molecular flexibility index (Phi) is 4.20. The highest BCUT2D eigenvalue weighted by Crippen LogP contribution is 2.20. The number of ether oxygens (including phenoxy) is 1. The summed E-state index contributed by atoms with van der Waals surface area (Å²) in [7, 11) is 0. The molecule has 7 nitrogen and oxygen atoms in total. The zero-order chi connectivity index (χ0) is 17.9. The van der Waals surface area contributed by atoms with E-state index in [9.17, 15) is 4.79 Å². The summed E-state index contributed by atoms with van der Waals surface area (Å²) in [5.74, 6) is 1.01. The average molecular weight is 348 g/mol. The Morgan fingerprint density at radius 3 is 2.77 bits per heavy atom. The van der Waals surface area contributed by atoms with Crippen molar-refractivity contribution in [3.63, 3.8) is 0 Å². The van der Waals surface area contributed by atoms with Gasteiger partial charge in [0.15, 0.2) is 5.43 Å². The van der Waals surface area contributed by atoms with Gasteiger partial charge in [-0.05, 0) is 24.3 Å². The molecule has 2 aromatic heterocycles. The van der Waals surface area contributed by atoms with Crippen molar-refractivity contribution >= 4 is 11.0 Å². The van der Waals surface area contributed by atoms with Gasteiger partial charge < -0.3 is 14.9 Å². The number of aromatic nitrogens is 3. The molecule has 0 radical (unpaired) electrons. The number of para-hydroxylation sites is 1. The lowest BCUT2D eigenvalue weighted by molar-refractivity contribution is 0.301. The minimum atomic E-state index is -0.121. The van der Waals surface area contributed by atoms with Gasteiger partial charge in [0.25, 0.3) is 0 Å². The van der Waals surface area contributed by atoms with Crippen LogP contribution in [0.4, 0.5) is 0 Å². The van der Waals surface area contributed by atoms with E-state index in [-0.39, 0.29) is 18.6 Å². The van der Waals surface area contributed by atoms with Gasteiger partial charge in [-0.25, -0.2) is 4.68 Å². The monoisotopic (exact) mass is 348 g/mol. The van der Waals surface area contributed by atoms with Crippen molar-refractivity contribution < 1.29 is 9.15 Å². The van der Waals surface area contributed by atoms with Gasteiger partial charge in [-0.1, -0.05) is 23.4 Å². The predicted octanol–water partition coefficient (Wildman–Crippen LogP) is 2.41. The fourth-order valence-corrected chi connectivity index (χ4v) is 2.60. The first-order valence-corrected chi connectivity index (χ1v) is 8.09. The molecule has 4 rings (SSSR count). The van der Waals surface area contributed by atoms with E-state index in [2.05, 4.69) is 10.3 Å². The van der Waals surface area contributed by atoms with Crippen LogP contribution in [0.3, 0.4) is 0 Å². The molecule has 26 heavy (non-hydrogen) atoms. The zero-order valence-corrected chi connectivity index (χ0v) is 13.8. The smallest absolute Gasteiger partial charge is 0.193 e. The van der Waals surface area contributed by atoms with Crippen LogP contribution in [0.15, 0.2) is 70.0 Å². The van der Waals surface area contributed by atoms with Crippen LogP contribution < -0.4 is 15.9 Å². The van der Waals surface area contributed by atoms with Crippen LogP contribution in [0.5, 0.6) is 5.75 Å². The molecule has 0 aliphatic heterocycles.